The summed E-state index contributed by atoms with van der Waals surface area (Å²) < 4.78 is 5.70. The van der Waals surface area contributed by atoms with Crippen molar-refractivity contribution in [2.24, 2.45) is 0 Å². The molecule has 5 heteroatoms. The lowest BCUT2D eigenvalue weighted by atomic mass is 10.2. The van der Waals surface area contributed by atoms with E-state index in [1.54, 1.807) is 0 Å². The number of anilines is 1. The smallest absolute Gasteiger partial charge is 0.275 e. The Morgan fingerprint density at radius 2 is 1.82 bits per heavy atom. The second-order valence-corrected chi connectivity index (χ2v) is 6.43. The molecule has 1 fully saturated rings. The third-order valence-electron chi connectivity index (χ3n) is 3.97. The number of benzene rings is 1. The average Bonchev–Trinajstić information content (AvgIpc) is 2.44. The van der Waals surface area contributed by atoms with E-state index in [-0.39, 0.29) is 18.1 Å². The Balaban J connectivity index is 1.77. The molecule has 2 rings (SSSR count). The molecule has 1 aliphatic heterocycles. The Hall–Kier alpha value is -1.59. The summed E-state index contributed by atoms with van der Waals surface area (Å²) in [5, 5.41) is 3.01. The van der Waals surface area contributed by atoms with Crippen LogP contribution in [0.5, 0.6) is 0 Å². The zero-order valence-electron chi connectivity index (χ0n) is 14.1. The molecule has 0 spiro atoms. The number of morpholine rings is 1. The maximum absolute atomic E-state index is 12.1. The molecular weight excluding hydrogens is 278 g/mol. The van der Waals surface area contributed by atoms with E-state index >= 15 is 0 Å². The maximum Gasteiger partial charge on any atom is 0.275 e. The standard InChI is InChI=1S/C17H27N3O2/c1-13-10-20(11-14(2)22-13)12-17(21)18-9-15-5-7-16(8-6-15)19(3)4/h5-8,13-14H,9-12H2,1-4H3,(H,18,21)/p+1/t13-,14-/m0/s1. The summed E-state index contributed by atoms with van der Waals surface area (Å²) in [4.78, 5) is 15.5. The van der Waals surface area contributed by atoms with Crippen molar-refractivity contribution in [1.82, 2.24) is 5.32 Å². The first-order valence-corrected chi connectivity index (χ1v) is 7.96. The van der Waals surface area contributed by atoms with E-state index in [1.807, 2.05) is 14.1 Å². The largest absolute Gasteiger partial charge is 0.378 e. The lowest BCUT2D eigenvalue weighted by Gasteiger charge is -2.31. The summed E-state index contributed by atoms with van der Waals surface area (Å²) in [6.07, 6.45) is 0.454. The Morgan fingerprint density at radius 1 is 1.23 bits per heavy atom. The highest BCUT2D eigenvalue weighted by molar-refractivity contribution is 5.76. The predicted molar refractivity (Wildman–Crippen MR) is 88.2 cm³/mol. The number of nitrogens with one attached hydrogen (secondary N) is 2. The van der Waals surface area contributed by atoms with Gasteiger partial charge in [0.05, 0.1) is 0 Å². The molecule has 1 aromatic carbocycles. The number of carbonyl (C=O) groups excluding carboxylic acids is 1. The highest BCUT2D eigenvalue weighted by Crippen LogP contribution is 2.11. The van der Waals surface area contributed by atoms with E-state index in [0.29, 0.717) is 13.1 Å². The molecule has 2 N–H and O–H groups in total. The van der Waals surface area contributed by atoms with Crippen molar-refractivity contribution in [3.8, 4) is 0 Å². The lowest BCUT2D eigenvalue weighted by Crippen LogP contribution is -3.16. The summed E-state index contributed by atoms with van der Waals surface area (Å²) in [5.41, 5.74) is 2.29. The minimum Gasteiger partial charge on any atom is -0.378 e. The molecule has 1 aromatic rings. The number of rotatable bonds is 5. The average molecular weight is 306 g/mol. The third-order valence-corrected chi connectivity index (χ3v) is 3.97. The van der Waals surface area contributed by atoms with Crippen LogP contribution in [0, 0.1) is 0 Å². The van der Waals surface area contributed by atoms with Crippen LogP contribution in [-0.2, 0) is 16.1 Å². The van der Waals surface area contributed by atoms with E-state index in [2.05, 4.69) is 48.3 Å². The molecule has 0 saturated carbocycles. The second kappa shape index (κ2) is 7.61. The van der Waals surface area contributed by atoms with Crippen LogP contribution in [0.15, 0.2) is 24.3 Å². The van der Waals surface area contributed by atoms with Gasteiger partial charge in [-0.3, -0.25) is 4.79 Å². The summed E-state index contributed by atoms with van der Waals surface area (Å²) in [7, 11) is 4.04. The fraction of sp³-hybridized carbons (Fsp3) is 0.588. The molecule has 1 amide bonds. The number of ether oxygens (including phenoxy) is 1. The van der Waals surface area contributed by atoms with Crippen molar-refractivity contribution in [3.05, 3.63) is 29.8 Å². The lowest BCUT2D eigenvalue weighted by molar-refractivity contribution is -0.907. The molecule has 2 atom stereocenters. The Kier molecular flexibility index (Phi) is 5.80. The van der Waals surface area contributed by atoms with Crippen molar-refractivity contribution in [2.75, 3.05) is 38.6 Å². The molecule has 22 heavy (non-hydrogen) atoms. The van der Waals surface area contributed by atoms with Gasteiger partial charge in [0.1, 0.15) is 25.3 Å². The number of nitrogens with zero attached hydrogens (tertiary/aromatic N) is 1. The van der Waals surface area contributed by atoms with Gasteiger partial charge in [-0.25, -0.2) is 0 Å². The van der Waals surface area contributed by atoms with Gasteiger partial charge in [-0.2, -0.15) is 0 Å². The number of quaternary nitrogens is 1. The molecular formula is C17H28N3O2+. The molecule has 0 aliphatic carbocycles. The molecule has 1 aliphatic rings. The first-order chi connectivity index (χ1) is 10.4. The van der Waals surface area contributed by atoms with E-state index < -0.39 is 0 Å². The van der Waals surface area contributed by atoms with Gasteiger partial charge in [-0.1, -0.05) is 12.1 Å². The molecule has 5 nitrogen and oxygen atoms in total. The zero-order valence-corrected chi connectivity index (χ0v) is 14.1. The minimum absolute atomic E-state index is 0.105. The quantitative estimate of drug-likeness (QED) is 0.809. The molecule has 0 aromatic heterocycles. The first-order valence-electron chi connectivity index (χ1n) is 7.96. The van der Waals surface area contributed by atoms with Crippen LogP contribution < -0.4 is 15.1 Å². The van der Waals surface area contributed by atoms with Crippen LogP contribution >= 0.6 is 0 Å². The van der Waals surface area contributed by atoms with Gasteiger partial charge >= 0.3 is 0 Å². The van der Waals surface area contributed by atoms with Crippen molar-refractivity contribution in [2.45, 2.75) is 32.6 Å². The molecule has 0 bridgehead atoms. The van der Waals surface area contributed by atoms with Crippen LogP contribution in [-0.4, -0.2) is 51.8 Å². The van der Waals surface area contributed by atoms with Gasteiger partial charge in [0.2, 0.25) is 0 Å². The number of hydrogen-bond acceptors (Lipinski definition) is 3. The number of hydrogen-bond donors (Lipinski definition) is 2. The molecule has 1 heterocycles. The van der Waals surface area contributed by atoms with E-state index in [4.69, 9.17) is 4.74 Å². The summed E-state index contributed by atoms with van der Waals surface area (Å²) in [6.45, 7) is 7.04. The van der Waals surface area contributed by atoms with Crippen molar-refractivity contribution in [1.29, 1.82) is 0 Å². The fourth-order valence-corrected chi connectivity index (χ4v) is 2.94. The van der Waals surface area contributed by atoms with Crippen LogP contribution in [0.3, 0.4) is 0 Å². The van der Waals surface area contributed by atoms with Gasteiger partial charge in [0.15, 0.2) is 6.54 Å². The highest BCUT2D eigenvalue weighted by Gasteiger charge is 2.26. The summed E-state index contributed by atoms with van der Waals surface area (Å²) in [5.74, 6) is 0.105. The summed E-state index contributed by atoms with van der Waals surface area (Å²) >= 11 is 0. The van der Waals surface area contributed by atoms with Gasteiger partial charge < -0.3 is 19.9 Å². The van der Waals surface area contributed by atoms with Crippen LogP contribution in [0.25, 0.3) is 0 Å². The topological polar surface area (TPSA) is 46.0 Å². The van der Waals surface area contributed by atoms with Gasteiger partial charge in [0, 0.05) is 26.3 Å². The van der Waals surface area contributed by atoms with Crippen molar-refractivity contribution in [3.63, 3.8) is 0 Å². The second-order valence-electron chi connectivity index (χ2n) is 6.43. The highest BCUT2D eigenvalue weighted by atomic mass is 16.5. The normalized spacial score (nSPS) is 24.8. The van der Waals surface area contributed by atoms with E-state index in [1.165, 1.54) is 4.90 Å². The molecule has 1 saturated heterocycles. The maximum atomic E-state index is 12.1. The van der Waals surface area contributed by atoms with Crippen LogP contribution in [0.1, 0.15) is 19.4 Å². The number of amides is 1. The Bertz CT molecular complexity index is 477. The van der Waals surface area contributed by atoms with Crippen molar-refractivity contribution < 1.29 is 14.4 Å². The molecule has 0 unspecified atom stereocenters. The SMILES string of the molecule is C[C@H]1C[NH+](CC(=O)NCc2ccc(N(C)C)cc2)C[C@H](C)O1. The van der Waals surface area contributed by atoms with Crippen LogP contribution in [0.4, 0.5) is 5.69 Å². The summed E-state index contributed by atoms with van der Waals surface area (Å²) in [6, 6.07) is 8.25. The number of carbonyl (C=O) groups is 1. The van der Waals surface area contributed by atoms with E-state index in [9.17, 15) is 4.79 Å². The Morgan fingerprint density at radius 3 is 2.36 bits per heavy atom. The first kappa shape index (κ1) is 16.8. The molecule has 0 radical (unpaired) electrons. The monoisotopic (exact) mass is 306 g/mol. The van der Waals surface area contributed by atoms with Crippen molar-refractivity contribution >= 4 is 11.6 Å². The fourth-order valence-electron chi connectivity index (χ4n) is 2.94. The predicted octanol–water partition coefficient (Wildman–Crippen LogP) is 0.0609. The van der Waals surface area contributed by atoms with E-state index in [0.717, 1.165) is 24.3 Å². The third kappa shape index (κ3) is 5.00. The minimum atomic E-state index is 0.105. The van der Waals surface area contributed by atoms with Crippen LogP contribution in [0.2, 0.25) is 0 Å². The van der Waals surface area contributed by atoms with Gasteiger partial charge in [-0.05, 0) is 31.5 Å². The van der Waals surface area contributed by atoms with Gasteiger partial charge in [0.25, 0.3) is 5.91 Å². The Labute approximate surface area is 133 Å². The molecule has 122 valence electrons. The zero-order chi connectivity index (χ0) is 16.1. The van der Waals surface area contributed by atoms with Gasteiger partial charge in [-0.15, -0.1) is 0 Å².